The van der Waals surface area contributed by atoms with Gasteiger partial charge in [0, 0.05) is 18.7 Å². The van der Waals surface area contributed by atoms with Crippen molar-refractivity contribution < 1.29 is 24.2 Å². The van der Waals surface area contributed by atoms with E-state index in [4.69, 9.17) is 9.47 Å². The van der Waals surface area contributed by atoms with Gasteiger partial charge in [0.25, 0.3) is 11.7 Å². The largest absolute Gasteiger partial charge is 0.507 e. The number of Topliss-reactive ketones (excluding diaryl/α,β-unsaturated/α-hetero) is 1. The third-order valence-electron chi connectivity index (χ3n) is 5.72. The van der Waals surface area contributed by atoms with Crippen molar-refractivity contribution in [3.8, 4) is 5.75 Å². The number of carbonyl (C=O) groups is 2. The zero-order valence-electron chi connectivity index (χ0n) is 17.1. The standard InChI is InChI=1S/C24H25NO5/c1-15-5-7-16(8-6-15)21-20(22(26)17-9-11-18(29-2)12-10-17)23(27)24(28)25(21)14-19-4-3-13-30-19/h5-12,19,21,26H,3-4,13-14H2,1-2H3. The Bertz CT molecular complexity index is 972. The highest BCUT2D eigenvalue weighted by Crippen LogP contribution is 2.40. The van der Waals surface area contributed by atoms with Crippen LogP contribution in [0.25, 0.3) is 5.76 Å². The first kappa shape index (κ1) is 20.2. The number of aliphatic hydroxyl groups is 1. The first-order valence-electron chi connectivity index (χ1n) is 10.1. The molecule has 2 aliphatic rings. The predicted octanol–water partition coefficient (Wildman–Crippen LogP) is 3.60. The number of hydrogen-bond acceptors (Lipinski definition) is 5. The fraction of sp³-hybridized carbons (Fsp3) is 0.333. The number of nitrogens with zero attached hydrogens (tertiary/aromatic N) is 1. The number of ketones is 1. The monoisotopic (exact) mass is 407 g/mol. The molecule has 0 aliphatic carbocycles. The molecule has 2 aliphatic heterocycles. The molecule has 0 aromatic heterocycles. The third kappa shape index (κ3) is 3.71. The first-order valence-corrected chi connectivity index (χ1v) is 10.1. The number of likely N-dealkylation sites (tertiary alicyclic amines) is 1. The maximum absolute atomic E-state index is 13.0. The number of aryl methyl sites for hydroxylation is 1. The molecule has 6 nitrogen and oxygen atoms in total. The summed E-state index contributed by atoms with van der Waals surface area (Å²) in [4.78, 5) is 27.5. The lowest BCUT2D eigenvalue weighted by atomic mass is 9.94. The Labute approximate surface area is 175 Å². The van der Waals surface area contributed by atoms with Crippen LogP contribution in [0.4, 0.5) is 0 Å². The summed E-state index contributed by atoms with van der Waals surface area (Å²) >= 11 is 0. The van der Waals surface area contributed by atoms with E-state index in [0.29, 0.717) is 24.5 Å². The summed E-state index contributed by atoms with van der Waals surface area (Å²) in [5, 5.41) is 11.0. The molecule has 0 spiro atoms. The Balaban J connectivity index is 1.80. The van der Waals surface area contributed by atoms with Crippen LogP contribution in [0, 0.1) is 6.92 Å². The Morgan fingerprint density at radius 2 is 1.83 bits per heavy atom. The van der Waals surface area contributed by atoms with Crippen molar-refractivity contribution in [2.45, 2.75) is 31.9 Å². The molecule has 1 amide bonds. The topological polar surface area (TPSA) is 76.1 Å². The van der Waals surface area contributed by atoms with Gasteiger partial charge in [0.05, 0.1) is 24.8 Å². The summed E-state index contributed by atoms with van der Waals surface area (Å²) in [5.41, 5.74) is 2.42. The van der Waals surface area contributed by atoms with E-state index in [1.165, 1.54) is 4.90 Å². The Hall–Kier alpha value is -3.12. The molecule has 30 heavy (non-hydrogen) atoms. The molecule has 6 heteroatoms. The number of rotatable bonds is 5. The van der Waals surface area contributed by atoms with Gasteiger partial charge in [-0.1, -0.05) is 29.8 Å². The molecule has 1 N–H and O–H groups in total. The van der Waals surface area contributed by atoms with E-state index < -0.39 is 17.7 Å². The third-order valence-corrected chi connectivity index (χ3v) is 5.72. The van der Waals surface area contributed by atoms with E-state index in [-0.39, 0.29) is 17.4 Å². The van der Waals surface area contributed by atoms with Crippen LogP contribution in [0.2, 0.25) is 0 Å². The van der Waals surface area contributed by atoms with E-state index in [0.717, 1.165) is 24.0 Å². The lowest BCUT2D eigenvalue weighted by molar-refractivity contribution is -0.140. The molecule has 2 atom stereocenters. The zero-order valence-corrected chi connectivity index (χ0v) is 17.1. The molecule has 2 saturated heterocycles. The number of carbonyl (C=O) groups excluding carboxylic acids is 2. The summed E-state index contributed by atoms with van der Waals surface area (Å²) in [6.07, 6.45) is 1.69. The van der Waals surface area contributed by atoms with E-state index in [1.807, 2.05) is 31.2 Å². The van der Waals surface area contributed by atoms with Gasteiger partial charge in [0.1, 0.15) is 11.5 Å². The van der Waals surface area contributed by atoms with Crippen molar-refractivity contribution in [1.29, 1.82) is 0 Å². The van der Waals surface area contributed by atoms with Gasteiger partial charge >= 0.3 is 0 Å². The average molecular weight is 407 g/mol. The fourth-order valence-corrected chi connectivity index (χ4v) is 4.08. The van der Waals surface area contributed by atoms with E-state index >= 15 is 0 Å². The minimum atomic E-state index is -0.674. The van der Waals surface area contributed by atoms with Gasteiger partial charge in [0.15, 0.2) is 0 Å². The first-order chi connectivity index (χ1) is 14.5. The van der Waals surface area contributed by atoms with E-state index in [1.54, 1.807) is 31.4 Å². The number of ether oxygens (including phenoxy) is 2. The van der Waals surface area contributed by atoms with Gasteiger partial charge in [-0.05, 0) is 49.6 Å². The number of aliphatic hydroxyl groups excluding tert-OH is 1. The second-order valence-corrected chi connectivity index (χ2v) is 7.73. The summed E-state index contributed by atoms with van der Waals surface area (Å²) in [6, 6.07) is 13.8. The molecule has 2 aromatic carbocycles. The summed E-state index contributed by atoms with van der Waals surface area (Å²) in [7, 11) is 1.56. The molecular weight excluding hydrogens is 382 g/mol. The number of benzene rings is 2. The fourth-order valence-electron chi connectivity index (χ4n) is 4.08. The average Bonchev–Trinajstić information content (AvgIpc) is 3.36. The molecule has 4 rings (SSSR count). The summed E-state index contributed by atoms with van der Waals surface area (Å²) < 4.78 is 10.9. The van der Waals surface area contributed by atoms with E-state index in [2.05, 4.69) is 0 Å². The number of methoxy groups -OCH3 is 1. The van der Waals surface area contributed by atoms with Crippen LogP contribution >= 0.6 is 0 Å². The smallest absolute Gasteiger partial charge is 0.295 e. The highest BCUT2D eigenvalue weighted by molar-refractivity contribution is 6.46. The number of hydrogen-bond donors (Lipinski definition) is 1. The number of amides is 1. The van der Waals surface area contributed by atoms with Crippen LogP contribution in [0.3, 0.4) is 0 Å². The van der Waals surface area contributed by atoms with Gasteiger partial charge in [-0.3, -0.25) is 9.59 Å². The molecule has 2 aromatic rings. The molecule has 2 heterocycles. The van der Waals surface area contributed by atoms with Crippen LogP contribution in [0.5, 0.6) is 5.75 Å². The van der Waals surface area contributed by atoms with E-state index in [9.17, 15) is 14.7 Å². The van der Waals surface area contributed by atoms with Gasteiger partial charge in [-0.2, -0.15) is 0 Å². The highest BCUT2D eigenvalue weighted by atomic mass is 16.5. The second-order valence-electron chi connectivity index (χ2n) is 7.73. The van der Waals surface area contributed by atoms with Crippen molar-refractivity contribution in [1.82, 2.24) is 4.90 Å². The lowest BCUT2D eigenvalue weighted by Gasteiger charge is -2.27. The minimum Gasteiger partial charge on any atom is -0.507 e. The zero-order chi connectivity index (χ0) is 21.3. The molecule has 156 valence electrons. The summed E-state index contributed by atoms with van der Waals surface area (Å²) in [5.74, 6) is -0.824. The Morgan fingerprint density at radius 1 is 1.13 bits per heavy atom. The van der Waals surface area contributed by atoms with Crippen molar-refractivity contribution in [2.24, 2.45) is 0 Å². The van der Waals surface area contributed by atoms with Crippen molar-refractivity contribution in [3.05, 3.63) is 70.8 Å². The van der Waals surface area contributed by atoms with Crippen LogP contribution in [0.1, 0.15) is 35.6 Å². The molecule has 0 bridgehead atoms. The maximum atomic E-state index is 13.0. The van der Waals surface area contributed by atoms with Crippen LogP contribution in [0.15, 0.2) is 54.1 Å². The summed E-state index contributed by atoms with van der Waals surface area (Å²) in [6.45, 7) is 2.96. The molecule has 2 fully saturated rings. The van der Waals surface area contributed by atoms with Crippen molar-refractivity contribution >= 4 is 17.4 Å². The van der Waals surface area contributed by atoms with Crippen LogP contribution < -0.4 is 4.74 Å². The Kier molecular flexibility index (Phi) is 5.59. The molecular formula is C24H25NO5. The normalized spacial score (nSPS) is 23.2. The highest BCUT2D eigenvalue weighted by Gasteiger charge is 2.47. The van der Waals surface area contributed by atoms with Crippen LogP contribution in [-0.4, -0.2) is 48.1 Å². The predicted molar refractivity (Wildman–Crippen MR) is 112 cm³/mol. The van der Waals surface area contributed by atoms with Gasteiger partial charge in [-0.25, -0.2) is 0 Å². The molecule has 2 unspecified atom stereocenters. The SMILES string of the molecule is COc1ccc(C(O)=C2C(=O)C(=O)N(CC3CCCO3)C2c2ccc(C)cc2)cc1. The molecule has 0 radical (unpaired) electrons. The lowest BCUT2D eigenvalue weighted by Crippen LogP contribution is -2.36. The Morgan fingerprint density at radius 3 is 2.43 bits per heavy atom. The van der Waals surface area contributed by atoms with Crippen molar-refractivity contribution in [3.63, 3.8) is 0 Å². The van der Waals surface area contributed by atoms with Crippen LogP contribution in [-0.2, 0) is 14.3 Å². The quantitative estimate of drug-likeness (QED) is 0.466. The van der Waals surface area contributed by atoms with Gasteiger partial charge < -0.3 is 19.5 Å². The van der Waals surface area contributed by atoms with Gasteiger partial charge in [0.2, 0.25) is 0 Å². The minimum absolute atomic E-state index is 0.0998. The molecule has 0 saturated carbocycles. The van der Waals surface area contributed by atoms with Gasteiger partial charge in [-0.15, -0.1) is 0 Å². The maximum Gasteiger partial charge on any atom is 0.295 e. The van der Waals surface area contributed by atoms with Crippen molar-refractivity contribution in [2.75, 3.05) is 20.3 Å². The second kappa shape index (κ2) is 8.32.